The molecule has 2 aliphatic heterocycles. The molecule has 1 atom stereocenters. The summed E-state index contributed by atoms with van der Waals surface area (Å²) in [6.07, 6.45) is -0.954. The van der Waals surface area contributed by atoms with E-state index >= 15 is 0 Å². The predicted octanol–water partition coefficient (Wildman–Crippen LogP) is 1.79. The van der Waals surface area contributed by atoms with Crippen LogP contribution >= 0.6 is 24.4 Å². The van der Waals surface area contributed by atoms with Crippen molar-refractivity contribution < 1.29 is 23.4 Å². The molecule has 0 bridgehead atoms. The summed E-state index contributed by atoms with van der Waals surface area (Å²) in [6, 6.07) is 4.51. The van der Waals surface area contributed by atoms with Gasteiger partial charge in [0.2, 0.25) is 0 Å². The average Bonchev–Trinajstić information content (AvgIpc) is 3.18. The van der Waals surface area contributed by atoms with Gasteiger partial charge in [-0.25, -0.2) is 9.18 Å². The average molecular weight is 385 g/mol. The molecule has 1 amide bonds. The van der Waals surface area contributed by atoms with Crippen LogP contribution < -0.4 is 15.1 Å². The monoisotopic (exact) mass is 385 g/mol. The van der Waals surface area contributed by atoms with Crippen LogP contribution in [0.15, 0.2) is 18.2 Å². The van der Waals surface area contributed by atoms with Gasteiger partial charge >= 0.3 is 6.09 Å². The van der Waals surface area contributed by atoms with E-state index in [0.717, 1.165) is 0 Å². The number of carbonyl (C=O) groups excluding carboxylic acids is 1. The van der Waals surface area contributed by atoms with Gasteiger partial charge in [-0.2, -0.15) is 0 Å². The number of carbonyl (C=O) groups is 1. The van der Waals surface area contributed by atoms with Crippen molar-refractivity contribution in [2.75, 3.05) is 43.2 Å². The molecular formula is C15H16FN3O4S2. The normalized spacial score (nSPS) is 19.7. The van der Waals surface area contributed by atoms with Gasteiger partial charge in [-0.1, -0.05) is 0 Å². The van der Waals surface area contributed by atoms with Gasteiger partial charge in [-0.15, -0.1) is 0 Å². The minimum atomic E-state index is -0.540. The highest BCUT2D eigenvalue weighted by atomic mass is 32.1. The van der Waals surface area contributed by atoms with E-state index in [9.17, 15) is 9.18 Å². The molecule has 0 spiro atoms. The molecule has 7 nitrogen and oxygen atoms in total. The summed E-state index contributed by atoms with van der Waals surface area (Å²) in [5, 5.41) is 3.29. The molecule has 1 aromatic carbocycles. The lowest BCUT2D eigenvalue weighted by Gasteiger charge is -2.18. The zero-order valence-electron chi connectivity index (χ0n) is 13.4. The first-order chi connectivity index (χ1) is 12.0. The summed E-state index contributed by atoms with van der Waals surface area (Å²) < 4.78 is 29.7. The second-order valence-corrected chi connectivity index (χ2v) is 6.11. The van der Waals surface area contributed by atoms with E-state index in [-0.39, 0.29) is 16.9 Å². The smallest absolute Gasteiger partial charge is 0.414 e. The Hall–Kier alpha value is -2.20. The number of hydrogen-bond acceptors (Lipinski definition) is 6. The number of thiocarbonyl (C=S) groups is 2. The zero-order chi connectivity index (χ0) is 18.0. The Labute approximate surface area is 154 Å². The zero-order valence-corrected chi connectivity index (χ0v) is 15.0. The molecule has 3 rings (SSSR count). The molecular weight excluding hydrogens is 369 g/mol. The van der Waals surface area contributed by atoms with Gasteiger partial charge in [-0.3, -0.25) is 9.80 Å². The van der Waals surface area contributed by atoms with E-state index in [1.54, 1.807) is 17.0 Å². The maximum Gasteiger partial charge on any atom is 0.414 e. The van der Waals surface area contributed by atoms with Crippen LogP contribution in [0.25, 0.3) is 0 Å². The lowest BCUT2D eigenvalue weighted by atomic mass is 10.2. The third-order valence-electron chi connectivity index (χ3n) is 3.83. The number of cyclic esters (lactones) is 1. The standard InChI is InChI=1S/C15H16FN3O4S2/c1-21-13(24)17-7-10-8-19(14(20)23-10)9-2-3-12(11(16)6-9)18-4-5-22-15(18)25/h2-3,6,10H,4-5,7-8H2,1H3,(H,17,24)/t10-/m0/s1. The third-order valence-corrected chi connectivity index (χ3v) is 4.48. The molecule has 0 saturated carbocycles. The number of rotatable bonds is 4. The van der Waals surface area contributed by atoms with E-state index < -0.39 is 18.0 Å². The van der Waals surface area contributed by atoms with Crippen molar-refractivity contribution in [3.05, 3.63) is 24.0 Å². The number of nitrogens with one attached hydrogen (secondary N) is 1. The highest BCUT2D eigenvalue weighted by Gasteiger charge is 2.33. The minimum Gasteiger partial charge on any atom is -0.474 e. The van der Waals surface area contributed by atoms with Crippen molar-refractivity contribution in [3.8, 4) is 0 Å². The van der Waals surface area contributed by atoms with E-state index in [1.165, 1.54) is 18.1 Å². The molecule has 1 aromatic rings. The molecule has 134 valence electrons. The molecule has 0 radical (unpaired) electrons. The van der Waals surface area contributed by atoms with Crippen molar-refractivity contribution in [1.82, 2.24) is 5.32 Å². The number of nitrogens with zero attached hydrogens (tertiary/aromatic N) is 2. The van der Waals surface area contributed by atoms with Gasteiger partial charge in [0, 0.05) is 0 Å². The van der Waals surface area contributed by atoms with Crippen molar-refractivity contribution in [1.29, 1.82) is 0 Å². The van der Waals surface area contributed by atoms with Crippen LogP contribution in [-0.2, 0) is 14.2 Å². The van der Waals surface area contributed by atoms with Crippen LogP contribution in [0.1, 0.15) is 0 Å². The second kappa shape index (κ2) is 7.36. The van der Waals surface area contributed by atoms with Gasteiger partial charge in [0.05, 0.1) is 38.1 Å². The molecule has 2 heterocycles. The van der Waals surface area contributed by atoms with E-state index in [2.05, 4.69) is 5.32 Å². The summed E-state index contributed by atoms with van der Waals surface area (Å²) in [7, 11) is 1.45. The quantitative estimate of drug-likeness (QED) is 0.788. The van der Waals surface area contributed by atoms with Crippen LogP contribution in [0.2, 0.25) is 0 Å². The first-order valence-electron chi connectivity index (χ1n) is 7.53. The fourth-order valence-electron chi connectivity index (χ4n) is 2.60. The van der Waals surface area contributed by atoms with Gasteiger partial charge in [0.25, 0.3) is 10.3 Å². The Morgan fingerprint density at radius 3 is 2.92 bits per heavy atom. The number of halogens is 1. The molecule has 25 heavy (non-hydrogen) atoms. The van der Waals surface area contributed by atoms with Gasteiger partial charge < -0.3 is 19.5 Å². The molecule has 2 saturated heterocycles. The highest BCUT2D eigenvalue weighted by Crippen LogP contribution is 2.29. The SMILES string of the molecule is COC(=S)NC[C@H]1CN(c2ccc(N3CCOC3=S)c(F)c2)C(=O)O1. The maximum absolute atomic E-state index is 14.5. The Bertz CT molecular complexity index is 718. The minimum absolute atomic E-state index is 0.216. The summed E-state index contributed by atoms with van der Waals surface area (Å²) in [4.78, 5) is 15.0. The number of ether oxygens (including phenoxy) is 3. The Balaban J connectivity index is 1.69. The van der Waals surface area contributed by atoms with Crippen molar-refractivity contribution in [2.45, 2.75) is 6.10 Å². The topological polar surface area (TPSA) is 63.3 Å². The first kappa shape index (κ1) is 17.6. The largest absolute Gasteiger partial charge is 0.474 e. The Morgan fingerprint density at radius 1 is 1.48 bits per heavy atom. The number of benzene rings is 1. The van der Waals surface area contributed by atoms with Gasteiger partial charge in [-0.05, 0) is 42.6 Å². The van der Waals surface area contributed by atoms with Crippen LogP contribution in [0.4, 0.5) is 20.6 Å². The molecule has 0 aromatic heterocycles. The first-order valence-corrected chi connectivity index (χ1v) is 8.35. The van der Waals surface area contributed by atoms with Crippen LogP contribution in [-0.4, -0.2) is 55.9 Å². The van der Waals surface area contributed by atoms with E-state index in [1.807, 2.05) is 0 Å². The van der Waals surface area contributed by atoms with Crippen molar-refractivity contribution in [2.24, 2.45) is 0 Å². The molecule has 0 unspecified atom stereocenters. The third kappa shape index (κ3) is 3.74. The molecule has 2 aliphatic rings. The highest BCUT2D eigenvalue weighted by molar-refractivity contribution is 7.80. The maximum atomic E-state index is 14.5. The lowest BCUT2D eigenvalue weighted by Crippen LogP contribution is -2.34. The number of methoxy groups -OCH3 is 1. The van der Waals surface area contributed by atoms with Gasteiger partial charge in [0.1, 0.15) is 18.5 Å². The number of anilines is 2. The van der Waals surface area contributed by atoms with Crippen molar-refractivity contribution in [3.63, 3.8) is 0 Å². The molecule has 2 fully saturated rings. The predicted molar refractivity (Wildman–Crippen MR) is 97.5 cm³/mol. The van der Waals surface area contributed by atoms with Crippen molar-refractivity contribution >= 4 is 52.3 Å². The lowest BCUT2D eigenvalue weighted by molar-refractivity contribution is 0.142. The van der Waals surface area contributed by atoms with Gasteiger partial charge in [0.15, 0.2) is 0 Å². The van der Waals surface area contributed by atoms with Crippen LogP contribution in [0.3, 0.4) is 0 Å². The van der Waals surface area contributed by atoms with E-state index in [0.29, 0.717) is 31.1 Å². The Kier molecular flexibility index (Phi) is 5.19. The molecule has 0 aliphatic carbocycles. The van der Waals surface area contributed by atoms with Crippen LogP contribution in [0.5, 0.6) is 0 Å². The second-order valence-electron chi connectivity index (χ2n) is 5.39. The van der Waals surface area contributed by atoms with E-state index in [4.69, 9.17) is 38.6 Å². The summed E-state index contributed by atoms with van der Waals surface area (Å²) in [5.41, 5.74) is 0.733. The van der Waals surface area contributed by atoms with Crippen LogP contribution in [0, 0.1) is 5.82 Å². The number of hydrogen-bond donors (Lipinski definition) is 1. The fraction of sp³-hybridized carbons (Fsp3) is 0.400. The summed E-state index contributed by atoms with van der Waals surface area (Å²) >= 11 is 9.91. The molecule has 10 heteroatoms. The summed E-state index contributed by atoms with van der Waals surface area (Å²) in [6.45, 7) is 1.52. The summed E-state index contributed by atoms with van der Waals surface area (Å²) in [5.74, 6) is -0.486. The molecule has 1 N–H and O–H groups in total. The fourth-order valence-corrected chi connectivity index (χ4v) is 2.96. The Morgan fingerprint density at radius 2 is 2.28 bits per heavy atom. The number of amides is 1.